The molecule has 0 aliphatic heterocycles. The molecular formula is C6H14O6. The van der Waals surface area contributed by atoms with Gasteiger partial charge in [-0.3, -0.25) is 0 Å². The molecule has 0 fully saturated rings. The van der Waals surface area contributed by atoms with Crippen LogP contribution in [0, 0.1) is 0 Å². The van der Waals surface area contributed by atoms with E-state index >= 15 is 0 Å². The molecule has 0 aliphatic rings. The molecule has 0 spiro atoms. The van der Waals surface area contributed by atoms with E-state index in [9.17, 15) is 0 Å². The molecule has 0 amide bonds. The lowest BCUT2D eigenvalue weighted by molar-refractivity contribution is -0.123. The number of rotatable bonds is 5. The molecule has 0 aromatic rings. The first-order valence-corrected chi connectivity index (χ1v) is 3.48. The quantitative estimate of drug-likeness (QED) is 0.261. The molecule has 4 atom stereocenters. The monoisotopic (exact) mass is 182 g/mol. The molecule has 0 radical (unpaired) electrons. The molecule has 0 bridgehead atoms. The third-order valence-electron chi connectivity index (χ3n) is 1.51. The number of aliphatic hydroxyl groups excluding tert-OH is 6. The Kier molecular flexibility index (Phi) is 5.31. The van der Waals surface area contributed by atoms with E-state index in [4.69, 9.17) is 30.6 Å². The van der Waals surface area contributed by atoms with Crippen LogP contribution in [0.5, 0.6) is 0 Å². The largest absolute Gasteiger partial charge is 0.394 e. The Hall–Kier alpha value is -0.240. The average Bonchev–Trinajstić information content (AvgIpc) is 2.12. The Balaban J connectivity index is 3.99. The van der Waals surface area contributed by atoms with Gasteiger partial charge in [-0.05, 0) is 0 Å². The van der Waals surface area contributed by atoms with Gasteiger partial charge in [0.05, 0.1) is 13.2 Å². The van der Waals surface area contributed by atoms with E-state index in [0.717, 1.165) is 0 Å². The van der Waals surface area contributed by atoms with Crippen LogP contribution in [0.3, 0.4) is 0 Å². The van der Waals surface area contributed by atoms with Crippen molar-refractivity contribution >= 4 is 0 Å². The van der Waals surface area contributed by atoms with Gasteiger partial charge < -0.3 is 30.6 Å². The van der Waals surface area contributed by atoms with Gasteiger partial charge in [-0.15, -0.1) is 0 Å². The van der Waals surface area contributed by atoms with Crippen molar-refractivity contribution in [1.29, 1.82) is 0 Å². The van der Waals surface area contributed by atoms with Crippen molar-refractivity contribution in [3.63, 3.8) is 0 Å². The van der Waals surface area contributed by atoms with Crippen LogP contribution in [0.4, 0.5) is 0 Å². The maximum absolute atomic E-state index is 8.96. The van der Waals surface area contributed by atoms with Crippen molar-refractivity contribution in [2.75, 3.05) is 13.2 Å². The molecule has 12 heavy (non-hydrogen) atoms. The van der Waals surface area contributed by atoms with Crippen LogP contribution >= 0.6 is 0 Å². The van der Waals surface area contributed by atoms with Crippen LogP contribution < -0.4 is 0 Å². The fraction of sp³-hybridized carbons (Fsp3) is 1.00. The molecule has 6 heteroatoms. The summed E-state index contributed by atoms with van der Waals surface area (Å²) in [5.74, 6) is 0. The van der Waals surface area contributed by atoms with E-state index in [1.807, 2.05) is 0 Å². The predicted octanol–water partition coefficient (Wildman–Crippen LogP) is -3.59. The molecule has 0 aromatic heterocycles. The maximum Gasteiger partial charge on any atom is 0.111 e. The van der Waals surface area contributed by atoms with Crippen molar-refractivity contribution in [3.8, 4) is 0 Å². The molecule has 3 unspecified atom stereocenters. The third kappa shape index (κ3) is 3.02. The van der Waals surface area contributed by atoms with Gasteiger partial charge in [-0.25, -0.2) is 0 Å². The Morgan fingerprint density at radius 2 is 0.917 bits per heavy atom. The van der Waals surface area contributed by atoms with Crippen molar-refractivity contribution in [2.24, 2.45) is 0 Å². The summed E-state index contributed by atoms with van der Waals surface area (Å²) < 4.78 is 0. The Bertz CT molecular complexity index is 105. The van der Waals surface area contributed by atoms with Gasteiger partial charge in [0.2, 0.25) is 0 Å². The summed E-state index contributed by atoms with van der Waals surface area (Å²) >= 11 is 0. The summed E-state index contributed by atoms with van der Waals surface area (Å²) in [6.45, 7) is -1.45. The molecule has 6 nitrogen and oxygen atoms in total. The van der Waals surface area contributed by atoms with Gasteiger partial charge in [0.25, 0.3) is 0 Å². The van der Waals surface area contributed by atoms with Crippen LogP contribution in [0.25, 0.3) is 0 Å². The first kappa shape index (κ1) is 11.8. The smallest absolute Gasteiger partial charge is 0.111 e. The minimum absolute atomic E-state index is 0.726. The number of aliphatic hydroxyl groups is 6. The fourth-order valence-corrected chi connectivity index (χ4v) is 0.671. The lowest BCUT2D eigenvalue weighted by atomic mass is 10.0. The average molecular weight is 182 g/mol. The SMILES string of the molecule is OCC(O)C(O)C(O)[C@H](O)CO. The third-order valence-corrected chi connectivity index (χ3v) is 1.51. The summed E-state index contributed by atoms with van der Waals surface area (Å²) in [6, 6.07) is 0. The number of hydrogen-bond acceptors (Lipinski definition) is 6. The van der Waals surface area contributed by atoms with Crippen LogP contribution in [-0.2, 0) is 0 Å². The summed E-state index contributed by atoms with van der Waals surface area (Å²) in [7, 11) is 0. The Morgan fingerprint density at radius 1 is 0.667 bits per heavy atom. The fourth-order valence-electron chi connectivity index (χ4n) is 0.671. The molecule has 0 saturated carbocycles. The molecule has 0 aromatic carbocycles. The second kappa shape index (κ2) is 5.41. The van der Waals surface area contributed by atoms with Crippen molar-refractivity contribution < 1.29 is 30.6 Å². The van der Waals surface area contributed by atoms with Gasteiger partial charge in [0, 0.05) is 0 Å². The summed E-state index contributed by atoms with van der Waals surface area (Å²) in [5, 5.41) is 52.2. The second-order valence-electron chi connectivity index (χ2n) is 2.48. The standard InChI is InChI=1S/C6H14O6/c7-1-3(9)5(11)6(12)4(10)2-8/h3-12H,1-2H2/t3-,4?,5?,6?/m1/s1. The van der Waals surface area contributed by atoms with Crippen molar-refractivity contribution in [1.82, 2.24) is 0 Å². The molecular weight excluding hydrogens is 168 g/mol. The number of hydrogen-bond donors (Lipinski definition) is 6. The lowest BCUT2D eigenvalue weighted by Crippen LogP contribution is -2.46. The predicted molar refractivity (Wildman–Crippen MR) is 38.2 cm³/mol. The zero-order valence-electron chi connectivity index (χ0n) is 6.41. The maximum atomic E-state index is 8.96. The minimum atomic E-state index is -1.67. The lowest BCUT2D eigenvalue weighted by Gasteiger charge is -2.24. The van der Waals surface area contributed by atoms with E-state index in [0.29, 0.717) is 0 Å². The summed E-state index contributed by atoms with van der Waals surface area (Å²) in [6.07, 6.45) is -6.39. The Labute approximate surface area is 69.3 Å². The zero-order valence-corrected chi connectivity index (χ0v) is 6.41. The van der Waals surface area contributed by atoms with Crippen LogP contribution in [-0.4, -0.2) is 68.3 Å². The van der Waals surface area contributed by atoms with Crippen molar-refractivity contribution in [3.05, 3.63) is 0 Å². The molecule has 0 aliphatic carbocycles. The summed E-state index contributed by atoms with van der Waals surface area (Å²) in [4.78, 5) is 0. The van der Waals surface area contributed by atoms with Crippen LogP contribution in [0.15, 0.2) is 0 Å². The van der Waals surface area contributed by atoms with Crippen LogP contribution in [0.2, 0.25) is 0 Å². The zero-order chi connectivity index (χ0) is 9.72. The second-order valence-corrected chi connectivity index (χ2v) is 2.48. The molecule has 0 rings (SSSR count). The van der Waals surface area contributed by atoms with Gasteiger partial charge >= 0.3 is 0 Å². The highest BCUT2D eigenvalue weighted by Crippen LogP contribution is 2.03. The highest BCUT2D eigenvalue weighted by Gasteiger charge is 2.29. The first-order valence-electron chi connectivity index (χ1n) is 3.48. The van der Waals surface area contributed by atoms with Gasteiger partial charge in [-0.2, -0.15) is 0 Å². The van der Waals surface area contributed by atoms with E-state index in [2.05, 4.69) is 0 Å². The van der Waals surface area contributed by atoms with Gasteiger partial charge in [-0.1, -0.05) is 0 Å². The molecule has 0 heterocycles. The molecule has 0 saturated heterocycles. The summed E-state index contributed by atoms with van der Waals surface area (Å²) in [5.41, 5.74) is 0. The highest BCUT2D eigenvalue weighted by atomic mass is 16.4. The van der Waals surface area contributed by atoms with E-state index < -0.39 is 37.6 Å². The van der Waals surface area contributed by atoms with Gasteiger partial charge in [0.15, 0.2) is 0 Å². The Morgan fingerprint density at radius 3 is 1.08 bits per heavy atom. The molecule has 6 N–H and O–H groups in total. The van der Waals surface area contributed by atoms with Crippen LogP contribution in [0.1, 0.15) is 0 Å². The topological polar surface area (TPSA) is 121 Å². The minimum Gasteiger partial charge on any atom is -0.394 e. The van der Waals surface area contributed by atoms with Crippen molar-refractivity contribution in [2.45, 2.75) is 24.4 Å². The first-order chi connectivity index (χ1) is 5.54. The highest BCUT2D eigenvalue weighted by molar-refractivity contribution is 4.79. The van der Waals surface area contributed by atoms with E-state index in [1.165, 1.54) is 0 Å². The molecule has 74 valence electrons. The normalized spacial score (nSPS) is 21.5. The van der Waals surface area contributed by atoms with Gasteiger partial charge in [0.1, 0.15) is 24.4 Å². The van der Waals surface area contributed by atoms with E-state index in [-0.39, 0.29) is 0 Å². The van der Waals surface area contributed by atoms with E-state index in [1.54, 1.807) is 0 Å².